The number of halogens is 1. The summed E-state index contributed by atoms with van der Waals surface area (Å²) in [7, 11) is 0. The molecule has 1 aromatic rings. The molecule has 1 aliphatic rings. The van der Waals surface area contributed by atoms with Gasteiger partial charge in [0.1, 0.15) is 5.82 Å². The van der Waals surface area contributed by atoms with Crippen LogP contribution < -0.4 is 4.90 Å². The second-order valence-electron chi connectivity index (χ2n) is 3.79. The van der Waals surface area contributed by atoms with Gasteiger partial charge in [-0.25, -0.2) is 9.78 Å². The maximum absolute atomic E-state index is 10.8. The summed E-state index contributed by atoms with van der Waals surface area (Å²) in [5, 5.41) is 9.19. The highest BCUT2D eigenvalue weighted by Crippen LogP contribution is 2.24. The van der Waals surface area contributed by atoms with Gasteiger partial charge in [-0.15, -0.1) is 0 Å². The minimum absolute atomic E-state index is 0.102. The number of hydrogen-bond donors (Lipinski definition) is 1. The number of carbonyl (C=O) groups is 1. The number of pyridine rings is 1. The second kappa shape index (κ2) is 5.33. The third-order valence-corrected chi connectivity index (χ3v) is 2.87. The van der Waals surface area contributed by atoms with Crippen LogP contribution >= 0.6 is 11.6 Å². The van der Waals surface area contributed by atoms with Crippen LogP contribution in [0.15, 0.2) is 12.3 Å². The number of aromatic carboxylic acids is 1. The minimum Gasteiger partial charge on any atom is -0.478 e. The Morgan fingerprint density at radius 2 is 2.29 bits per heavy atom. The van der Waals surface area contributed by atoms with Gasteiger partial charge in [-0.2, -0.15) is 0 Å². The molecule has 0 unspecified atom stereocenters. The standard InChI is InChI=1S/C11H13ClN2O3/c12-9-6-8(11(15)16)7-13-10(9)14-2-1-4-17-5-3-14/h6-7H,1-5H2,(H,15,16). The lowest BCUT2D eigenvalue weighted by Crippen LogP contribution is -2.27. The molecule has 0 aromatic carbocycles. The zero-order valence-electron chi connectivity index (χ0n) is 9.23. The van der Waals surface area contributed by atoms with E-state index < -0.39 is 5.97 Å². The number of hydrogen-bond acceptors (Lipinski definition) is 4. The molecule has 0 atom stereocenters. The molecule has 0 bridgehead atoms. The van der Waals surface area contributed by atoms with Gasteiger partial charge >= 0.3 is 5.97 Å². The van der Waals surface area contributed by atoms with Crippen LogP contribution in [0.2, 0.25) is 5.02 Å². The summed E-state index contributed by atoms with van der Waals surface area (Å²) in [5.41, 5.74) is 0.102. The molecule has 0 spiro atoms. The smallest absolute Gasteiger partial charge is 0.337 e. The van der Waals surface area contributed by atoms with Crippen molar-refractivity contribution < 1.29 is 14.6 Å². The summed E-state index contributed by atoms with van der Waals surface area (Å²) in [6.45, 7) is 2.91. The van der Waals surface area contributed by atoms with E-state index in [9.17, 15) is 4.79 Å². The molecule has 2 rings (SSSR count). The van der Waals surface area contributed by atoms with E-state index in [2.05, 4.69) is 4.98 Å². The number of nitrogens with zero attached hydrogens (tertiary/aromatic N) is 2. The van der Waals surface area contributed by atoms with E-state index in [0.29, 0.717) is 17.4 Å². The Labute approximate surface area is 104 Å². The molecule has 0 amide bonds. The van der Waals surface area contributed by atoms with Crippen molar-refractivity contribution >= 4 is 23.4 Å². The summed E-state index contributed by atoms with van der Waals surface area (Å²) in [5.74, 6) is -0.396. The van der Waals surface area contributed by atoms with Gasteiger partial charge in [0.05, 0.1) is 17.2 Å². The molecular formula is C11H13ClN2O3. The molecule has 1 aliphatic heterocycles. The van der Waals surface area contributed by atoms with Gasteiger partial charge < -0.3 is 14.7 Å². The van der Waals surface area contributed by atoms with E-state index >= 15 is 0 Å². The van der Waals surface area contributed by atoms with Crippen LogP contribution in [0.4, 0.5) is 5.82 Å². The highest BCUT2D eigenvalue weighted by Gasteiger charge is 2.16. The largest absolute Gasteiger partial charge is 0.478 e. The quantitative estimate of drug-likeness (QED) is 0.872. The van der Waals surface area contributed by atoms with Crippen LogP contribution in [-0.2, 0) is 4.74 Å². The summed E-state index contributed by atoms with van der Waals surface area (Å²) in [4.78, 5) is 16.9. The molecule has 5 nitrogen and oxygen atoms in total. The SMILES string of the molecule is O=C(O)c1cnc(N2CCCOCC2)c(Cl)c1. The van der Waals surface area contributed by atoms with Crippen molar-refractivity contribution in [3.05, 3.63) is 22.8 Å². The highest BCUT2D eigenvalue weighted by atomic mass is 35.5. The van der Waals surface area contributed by atoms with Crippen LogP contribution in [0.1, 0.15) is 16.8 Å². The number of aromatic nitrogens is 1. The van der Waals surface area contributed by atoms with Crippen molar-refractivity contribution in [3.63, 3.8) is 0 Å². The number of rotatable bonds is 2. The van der Waals surface area contributed by atoms with Gasteiger partial charge in [0.15, 0.2) is 0 Å². The van der Waals surface area contributed by atoms with Gasteiger partial charge in [-0.1, -0.05) is 11.6 Å². The average molecular weight is 257 g/mol. The average Bonchev–Trinajstić information content (AvgIpc) is 2.57. The van der Waals surface area contributed by atoms with E-state index in [4.69, 9.17) is 21.4 Å². The van der Waals surface area contributed by atoms with E-state index in [1.165, 1.54) is 12.3 Å². The van der Waals surface area contributed by atoms with Crippen molar-refractivity contribution in [3.8, 4) is 0 Å². The zero-order chi connectivity index (χ0) is 12.3. The third kappa shape index (κ3) is 2.87. The fraction of sp³-hybridized carbons (Fsp3) is 0.455. The van der Waals surface area contributed by atoms with Crippen LogP contribution in [0.5, 0.6) is 0 Å². The summed E-state index contributed by atoms with van der Waals surface area (Å²) in [6, 6.07) is 1.43. The third-order valence-electron chi connectivity index (χ3n) is 2.59. The molecule has 92 valence electrons. The summed E-state index contributed by atoms with van der Waals surface area (Å²) in [6.07, 6.45) is 2.24. The molecule has 0 saturated carbocycles. The first-order valence-electron chi connectivity index (χ1n) is 5.40. The first kappa shape index (κ1) is 12.1. The number of ether oxygens (including phenoxy) is 1. The van der Waals surface area contributed by atoms with Gasteiger partial charge in [0.2, 0.25) is 0 Å². The lowest BCUT2D eigenvalue weighted by Gasteiger charge is -2.21. The first-order valence-corrected chi connectivity index (χ1v) is 5.78. The molecule has 0 aliphatic carbocycles. The van der Waals surface area contributed by atoms with E-state index in [1.54, 1.807) is 0 Å². The molecule has 1 N–H and O–H groups in total. The molecule has 17 heavy (non-hydrogen) atoms. The molecule has 1 aromatic heterocycles. The predicted octanol–water partition coefficient (Wildman–Crippen LogP) is 1.66. The summed E-state index contributed by atoms with van der Waals surface area (Å²) < 4.78 is 5.34. The fourth-order valence-electron chi connectivity index (χ4n) is 1.74. The van der Waals surface area contributed by atoms with Crippen molar-refractivity contribution in [2.24, 2.45) is 0 Å². The lowest BCUT2D eigenvalue weighted by atomic mass is 10.2. The Morgan fingerprint density at radius 3 is 3.00 bits per heavy atom. The van der Waals surface area contributed by atoms with E-state index in [-0.39, 0.29) is 5.56 Å². The Balaban J connectivity index is 2.22. The highest BCUT2D eigenvalue weighted by molar-refractivity contribution is 6.33. The Bertz CT molecular complexity index is 417. The van der Waals surface area contributed by atoms with Crippen LogP contribution in [0.3, 0.4) is 0 Å². The van der Waals surface area contributed by atoms with E-state index in [0.717, 1.165) is 26.1 Å². The zero-order valence-corrected chi connectivity index (χ0v) is 9.98. The molecule has 1 saturated heterocycles. The fourth-order valence-corrected chi connectivity index (χ4v) is 2.02. The first-order chi connectivity index (χ1) is 8.18. The normalized spacial score (nSPS) is 16.6. The molecule has 1 fully saturated rings. The Kier molecular flexibility index (Phi) is 3.81. The number of carboxylic acids is 1. The maximum Gasteiger partial charge on any atom is 0.337 e. The van der Waals surface area contributed by atoms with Crippen LogP contribution in [-0.4, -0.2) is 42.4 Å². The Morgan fingerprint density at radius 1 is 1.47 bits per heavy atom. The Hall–Kier alpha value is -1.33. The number of carboxylic acid groups (broad SMARTS) is 1. The van der Waals surface area contributed by atoms with Gasteiger partial charge in [0, 0.05) is 25.9 Å². The topological polar surface area (TPSA) is 62.7 Å². The molecule has 0 radical (unpaired) electrons. The lowest BCUT2D eigenvalue weighted by molar-refractivity contribution is 0.0696. The predicted molar refractivity (Wildman–Crippen MR) is 63.9 cm³/mol. The van der Waals surface area contributed by atoms with Crippen LogP contribution in [0.25, 0.3) is 0 Å². The molecule has 2 heterocycles. The van der Waals surface area contributed by atoms with Gasteiger partial charge in [0.25, 0.3) is 0 Å². The minimum atomic E-state index is -1.02. The van der Waals surface area contributed by atoms with Gasteiger partial charge in [-0.3, -0.25) is 0 Å². The number of anilines is 1. The second-order valence-corrected chi connectivity index (χ2v) is 4.19. The summed E-state index contributed by atoms with van der Waals surface area (Å²) >= 11 is 6.05. The monoisotopic (exact) mass is 256 g/mol. The van der Waals surface area contributed by atoms with Crippen molar-refractivity contribution in [2.75, 3.05) is 31.2 Å². The molecule has 6 heteroatoms. The molecular weight excluding hydrogens is 244 g/mol. The van der Waals surface area contributed by atoms with Gasteiger partial charge in [-0.05, 0) is 12.5 Å². The van der Waals surface area contributed by atoms with E-state index in [1.807, 2.05) is 4.90 Å². The maximum atomic E-state index is 10.8. The van der Waals surface area contributed by atoms with Crippen molar-refractivity contribution in [1.82, 2.24) is 4.98 Å². The van der Waals surface area contributed by atoms with Crippen molar-refractivity contribution in [1.29, 1.82) is 0 Å². The van der Waals surface area contributed by atoms with Crippen LogP contribution in [0, 0.1) is 0 Å². The van der Waals surface area contributed by atoms with Crippen molar-refractivity contribution in [2.45, 2.75) is 6.42 Å².